The standard InChI is InChI=1S/C17H17N3O/c1-21-17-6-5-13(10-20-17)9-19-12-15-4-2-3-14-11-18-8-7-16(14)15/h2-8,10-11,19H,9,12H2,1H3. The monoisotopic (exact) mass is 279 g/mol. The number of aromatic nitrogens is 2. The zero-order valence-corrected chi connectivity index (χ0v) is 11.9. The molecule has 2 heterocycles. The predicted octanol–water partition coefficient (Wildman–Crippen LogP) is 2.93. The summed E-state index contributed by atoms with van der Waals surface area (Å²) < 4.78 is 5.05. The highest BCUT2D eigenvalue weighted by Crippen LogP contribution is 2.17. The van der Waals surface area contributed by atoms with E-state index >= 15 is 0 Å². The molecule has 0 aliphatic carbocycles. The molecule has 3 aromatic rings. The van der Waals surface area contributed by atoms with E-state index in [9.17, 15) is 0 Å². The van der Waals surface area contributed by atoms with Crippen LogP contribution in [0.1, 0.15) is 11.1 Å². The van der Waals surface area contributed by atoms with Crippen LogP contribution in [0.4, 0.5) is 0 Å². The minimum Gasteiger partial charge on any atom is -0.481 e. The number of nitrogens with one attached hydrogen (secondary N) is 1. The molecule has 3 rings (SSSR count). The van der Waals surface area contributed by atoms with E-state index < -0.39 is 0 Å². The van der Waals surface area contributed by atoms with E-state index in [1.807, 2.05) is 30.7 Å². The number of benzene rings is 1. The lowest BCUT2D eigenvalue weighted by Crippen LogP contribution is -2.13. The summed E-state index contributed by atoms with van der Waals surface area (Å²) in [5.74, 6) is 0.639. The number of nitrogens with zero attached hydrogens (tertiary/aromatic N) is 2. The fraction of sp³-hybridized carbons (Fsp3) is 0.176. The van der Waals surface area contributed by atoms with E-state index in [-0.39, 0.29) is 0 Å². The summed E-state index contributed by atoms with van der Waals surface area (Å²) in [4.78, 5) is 8.36. The van der Waals surface area contributed by atoms with Gasteiger partial charge in [0.25, 0.3) is 0 Å². The SMILES string of the molecule is COc1ccc(CNCc2cccc3cnccc23)cn1. The maximum absolute atomic E-state index is 5.05. The van der Waals surface area contributed by atoms with Crippen LogP contribution < -0.4 is 10.1 Å². The van der Waals surface area contributed by atoms with Crippen molar-refractivity contribution in [2.24, 2.45) is 0 Å². The smallest absolute Gasteiger partial charge is 0.212 e. The molecule has 0 fully saturated rings. The van der Waals surface area contributed by atoms with Gasteiger partial charge in [-0.3, -0.25) is 4.98 Å². The Labute approximate surface area is 123 Å². The molecule has 0 saturated heterocycles. The van der Waals surface area contributed by atoms with Crippen molar-refractivity contribution < 1.29 is 4.74 Å². The summed E-state index contributed by atoms with van der Waals surface area (Å²) in [7, 11) is 1.62. The molecule has 1 aromatic carbocycles. The van der Waals surface area contributed by atoms with Gasteiger partial charge in [0.05, 0.1) is 7.11 Å². The normalized spacial score (nSPS) is 10.7. The van der Waals surface area contributed by atoms with Crippen LogP contribution in [0.15, 0.2) is 55.0 Å². The Hall–Kier alpha value is -2.46. The van der Waals surface area contributed by atoms with Gasteiger partial charge in [-0.2, -0.15) is 0 Å². The van der Waals surface area contributed by atoms with E-state index in [0.29, 0.717) is 5.88 Å². The predicted molar refractivity (Wildman–Crippen MR) is 83.1 cm³/mol. The Morgan fingerprint density at radius 3 is 2.81 bits per heavy atom. The van der Waals surface area contributed by atoms with Gasteiger partial charge in [-0.25, -0.2) is 4.98 Å². The topological polar surface area (TPSA) is 47.0 Å². The molecule has 106 valence electrons. The van der Waals surface area contributed by atoms with Crippen LogP contribution in [0.3, 0.4) is 0 Å². The van der Waals surface area contributed by atoms with Crippen molar-refractivity contribution in [3.63, 3.8) is 0 Å². The number of pyridine rings is 2. The highest BCUT2D eigenvalue weighted by molar-refractivity contribution is 5.84. The Kier molecular flexibility index (Phi) is 4.07. The van der Waals surface area contributed by atoms with Crippen molar-refractivity contribution in [3.05, 3.63) is 66.1 Å². The Morgan fingerprint density at radius 2 is 2.00 bits per heavy atom. The molecule has 4 heteroatoms. The third kappa shape index (κ3) is 3.17. The van der Waals surface area contributed by atoms with E-state index in [0.717, 1.165) is 18.7 Å². The van der Waals surface area contributed by atoms with Crippen molar-refractivity contribution in [1.29, 1.82) is 0 Å². The minimum absolute atomic E-state index is 0.639. The number of fused-ring (bicyclic) bond motifs is 1. The fourth-order valence-corrected chi connectivity index (χ4v) is 2.32. The van der Waals surface area contributed by atoms with Crippen LogP contribution >= 0.6 is 0 Å². The third-order valence-electron chi connectivity index (χ3n) is 3.42. The first-order chi connectivity index (χ1) is 10.4. The molecule has 0 saturated carbocycles. The van der Waals surface area contributed by atoms with Crippen LogP contribution in [0, 0.1) is 0 Å². The number of methoxy groups -OCH3 is 1. The lowest BCUT2D eigenvalue weighted by molar-refractivity contribution is 0.397. The first kappa shape index (κ1) is 13.5. The van der Waals surface area contributed by atoms with Crippen molar-refractivity contribution in [2.45, 2.75) is 13.1 Å². The molecule has 0 aliphatic heterocycles. The van der Waals surface area contributed by atoms with E-state index in [1.165, 1.54) is 16.3 Å². The van der Waals surface area contributed by atoms with Crippen LogP contribution in [0.25, 0.3) is 10.8 Å². The number of hydrogen-bond donors (Lipinski definition) is 1. The first-order valence-electron chi connectivity index (χ1n) is 6.88. The Morgan fingerprint density at radius 1 is 1.05 bits per heavy atom. The molecule has 0 atom stereocenters. The summed E-state index contributed by atoms with van der Waals surface area (Å²) in [6, 6.07) is 12.2. The molecular weight excluding hydrogens is 262 g/mol. The van der Waals surface area contributed by atoms with Gasteiger partial charge in [0.15, 0.2) is 0 Å². The molecule has 0 amide bonds. The Balaban J connectivity index is 1.66. The van der Waals surface area contributed by atoms with Gasteiger partial charge in [-0.05, 0) is 22.6 Å². The van der Waals surface area contributed by atoms with E-state index in [2.05, 4.69) is 39.6 Å². The largest absolute Gasteiger partial charge is 0.481 e. The average Bonchev–Trinajstić information content (AvgIpc) is 2.56. The van der Waals surface area contributed by atoms with Crippen molar-refractivity contribution in [2.75, 3.05) is 7.11 Å². The highest BCUT2D eigenvalue weighted by Gasteiger charge is 2.01. The quantitative estimate of drug-likeness (QED) is 0.780. The Bertz CT molecular complexity index is 720. The summed E-state index contributed by atoms with van der Waals surface area (Å²) >= 11 is 0. The molecule has 4 nitrogen and oxygen atoms in total. The molecular formula is C17H17N3O. The van der Waals surface area contributed by atoms with Crippen LogP contribution in [-0.2, 0) is 13.1 Å². The average molecular weight is 279 g/mol. The molecule has 2 aromatic heterocycles. The molecule has 21 heavy (non-hydrogen) atoms. The number of rotatable bonds is 5. The highest BCUT2D eigenvalue weighted by atomic mass is 16.5. The van der Waals surface area contributed by atoms with Crippen molar-refractivity contribution in [3.8, 4) is 5.88 Å². The molecule has 0 aliphatic rings. The maximum atomic E-state index is 5.05. The van der Waals surface area contributed by atoms with Gasteiger partial charge >= 0.3 is 0 Å². The fourth-order valence-electron chi connectivity index (χ4n) is 2.32. The lowest BCUT2D eigenvalue weighted by Gasteiger charge is -2.08. The van der Waals surface area contributed by atoms with Gasteiger partial charge in [0.1, 0.15) is 0 Å². The summed E-state index contributed by atoms with van der Waals surface area (Å²) in [6.45, 7) is 1.59. The number of ether oxygens (including phenoxy) is 1. The van der Waals surface area contributed by atoms with Crippen molar-refractivity contribution >= 4 is 10.8 Å². The molecule has 1 N–H and O–H groups in total. The van der Waals surface area contributed by atoms with Crippen molar-refractivity contribution in [1.82, 2.24) is 15.3 Å². The third-order valence-corrected chi connectivity index (χ3v) is 3.42. The second-order valence-electron chi connectivity index (χ2n) is 4.83. The lowest BCUT2D eigenvalue weighted by atomic mass is 10.1. The zero-order chi connectivity index (χ0) is 14.5. The minimum atomic E-state index is 0.639. The van der Waals surface area contributed by atoms with Crippen LogP contribution in [0.2, 0.25) is 0 Å². The zero-order valence-electron chi connectivity index (χ0n) is 11.9. The second-order valence-corrected chi connectivity index (χ2v) is 4.83. The molecule has 0 unspecified atom stereocenters. The van der Waals surface area contributed by atoms with Gasteiger partial charge in [0.2, 0.25) is 5.88 Å². The summed E-state index contributed by atoms with van der Waals surface area (Å²) in [5.41, 5.74) is 2.41. The van der Waals surface area contributed by atoms with E-state index in [4.69, 9.17) is 4.74 Å². The van der Waals surface area contributed by atoms with Gasteiger partial charge in [-0.1, -0.05) is 24.3 Å². The maximum Gasteiger partial charge on any atom is 0.212 e. The molecule has 0 spiro atoms. The first-order valence-corrected chi connectivity index (χ1v) is 6.88. The second kappa shape index (κ2) is 6.33. The summed E-state index contributed by atoms with van der Waals surface area (Å²) in [5, 5.41) is 5.86. The number of hydrogen-bond acceptors (Lipinski definition) is 4. The molecule has 0 bridgehead atoms. The van der Waals surface area contributed by atoms with Gasteiger partial charge in [0, 0.05) is 43.1 Å². The summed E-state index contributed by atoms with van der Waals surface area (Å²) in [6.07, 6.45) is 5.56. The van der Waals surface area contributed by atoms with E-state index in [1.54, 1.807) is 7.11 Å². The van der Waals surface area contributed by atoms with Crippen LogP contribution in [0.5, 0.6) is 5.88 Å². The van der Waals surface area contributed by atoms with Gasteiger partial charge < -0.3 is 10.1 Å². The molecule has 0 radical (unpaired) electrons. The van der Waals surface area contributed by atoms with Gasteiger partial charge in [-0.15, -0.1) is 0 Å². The van der Waals surface area contributed by atoms with Crippen LogP contribution in [-0.4, -0.2) is 17.1 Å².